The molecule has 0 amide bonds. The summed E-state index contributed by atoms with van der Waals surface area (Å²) in [5.41, 5.74) is 7.94. The predicted molar refractivity (Wildman–Crippen MR) is 144 cm³/mol. The number of fused-ring (bicyclic) bond motifs is 2. The minimum atomic E-state index is 0.841. The van der Waals surface area contributed by atoms with Gasteiger partial charge in [-0.15, -0.1) is 0 Å². The molecule has 0 atom stereocenters. The smallest absolute Gasteiger partial charge is 0.164 e. The second-order valence-electron chi connectivity index (χ2n) is 8.62. The molecule has 7 aromatic rings. The van der Waals surface area contributed by atoms with Gasteiger partial charge in [0, 0.05) is 28.7 Å². The quantitative estimate of drug-likeness (QED) is 0.280. The van der Waals surface area contributed by atoms with Crippen molar-refractivity contribution in [1.82, 2.24) is 24.1 Å². The summed E-state index contributed by atoms with van der Waals surface area (Å²) in [6, 6.07) is 41.3. The average molecular weight is 464 g/mol. The third-order valence-electron chi connectivity index (χ3n) is 6.41. The molecule has 0 spiro atoms. The van der Waals surface area contributed by atoms with Crippen molar-refractivity contribution in [1.29, 1.82) is 0 Å². The van der Waals surface area contributed by atoms with Gasteiger partial charge in [0.2, 0.25) is 0 Å². The summed E-state index contributed by atoms with van der Waals surface area (Å²) in [6.45, 7) is 0. The maximum absolute atomic E-state index is 4.99. The molecular formula is C31H21N5. The van der Waals surface area contributed by atoms with Crippen LogP contribution in [0.3, 0.4) is 0 Å². The number of hydrogen-bond acceptors (Lipinski definition) is 3. The first-order valence-electron chi connectivity index (χ1n) is 11.9. The molecule has 3 heterocycles. The van der Waals surface area contributed by atoms with E-state index in [4.69, 9.17) is 9.97 Å². The van der Waals surface area contributed by atoms with E-state index in [0.717, 1.165) is 56.3 Å². The molecule has 0 saturated heterocycles. The third kappa shape index (κ3) is 3.29. The fourth-order valence-corrected chi connectivity index (χ4v) is 4.75. The van der Waals surface area contributed by atoms with E-state index >= 15 is 0 Å². The molecule has 0 unspecified atom stereocenters. The minimum absolute atomic E-state index is 0.841. The highest BCUT2D eigenvalue weighted by Gasteiger charge is 2.17. The van der Waals surface area contributed by atoms with Crippen LogP contribution in [0.1, 0.15) is 0 Å². The first kappa shape index (κ1) is 20.4. The third-order valence-corrected chi connectivity index (χ3v) is 6.41. The van der Waals surface area contributed by atoms with Crippen LogP contribution < -0.4 is 0 Å². The molecule has 0 saturated carbocycles. The Hall–Kier alpha value is -5.03. The number of nitrogens with zero attached hydrogens (tertiary/aromatic N) is 5. The van der Waals surface area contributed by atoms with E-state index in [1.54, 1.807) is 0 Å². The van der Waals surface area contributed by atoms with E-state index in [0.29, 0.717) is 0 Å². The normalized spacial score (nSPS) is 11.3. The Labute approximate surface area is 208 Å². The van der Waals surface area contributed by atoms with Gasteiger partial charge < -0.3 is 0 Å². The maximum Gasteiger partial charge on any atom is 0.164 e. The molecule has 3 aromatic heterocycles. The lowest BCUT2D eigenvalue weighted by molar-refractivity contribution is 1.08. The summed E-state index contributed by atoms with van der Waals surface area (Å²) in [7, 11) is 0. The summed E-state index contributed by atoms with van der Waals surface area (Å²) < 4.78 is 4.33. The van der Waals surface area contributed by atoms with Crippen LogP contribution in [0.4, 0.5) is 0 Å². The Morgan fingerprint density at radius 3 is 1.67 bits per heavy atom. The van der Waals surface area contributed by atoms with Crippen molar-refractivity contribution in [2.75, 3.05) is 0 Å². The Kier molecular flexibility index (Phi) is 4.71. The molecule has 7 rings (SSSR count). The first-order valence-corrected chi connectivity index (χ1v) is 11.9. The Morgan fingerprint density at radius 1 is 0.444 bits per heavy atom. The zero-order valence-corrected chi connectivity index (χ0v) is 19.4. The van der Waals surface area contributed by atoms with E-state index in [1.165, 1.54) is 0 Å². The molecule has 4 aromatic carbocycles. The van der Waals surface area contributed by atoms with Gasteiger partial charge >= 0.3 is 0 Å². The van der Waals surface area contributed by atoms with Gasteiger partial charge in [-0.25, -0.2) is 15.0 Å². The summed E-state index contributed by atoms with van der Waals surface area (Å²) in [6.07, 6.45) is 1.81. The molecule has 0 bridgehead atoms. The zero-order chi connectivity index (χ0) is 23.9. The van der Waals surface area contributed by atoms with Crippen LogP contribution >= 0.6 is 0 Å². The maximum atomic E-state index is 4.99. The van der Waals surface area contributed by atoms with Gasteiger partial charge in [-0.2, -0.15) is 0 Å². The topological polar surface area (TPSA) is 48.5 Å². The van der Waals surface area contributed by atoms with Crippen molar-refractivity contribution in [2.45, 2.75) is 0 Å². The van der Waals surface area contributed by atoms with E-state index < -0.39 is 0 Å². The number of imidazole rings is 2. The van der Waals surface area contributed by atoms with E-state index in [2.05, 4.69) is 93.0 Å². The van der Waals surface area contributed by atoms with Gasteiger partial charge in [-0.1, -0.05) is 72.8 Å². The minimum Gasteiger partial charge on any atom is -0.292 e. The molecule has 0 radical (unpaired) electrons. The highest BCUT2D eigenvalue weighted by Crippen LogP contribution is 2.32. The predicted octanol–water partition coefficient (Wildman–Crippen LogP) is 7.09. The Bertz CT molecular complexity index is 1680. The number of hydrogen-bond donors (Lipinski definition) is 0. The standard InChI is InChI=1S/C31H21N5/c1-3-10-24(11-4-1)35-28-16-8-7-14-26(28)33-29(35)22-17-19-23(20-18-22)30-34-27-15-9-21-32-31(27)36(30)25-12-5-2-6-13-25/h1-21H. The summed E-state index contributed by atoms with van der Waals surface area (Å²) in [4.78, 5) is 14.6. The number of pyridine rings is 1. The van der Waals surface area contributed by atoms with Crippen molar-refractivity contribution < 1.29 is 0 Å². The lowest BCUT2D eigenvalue weighted by atomic mass is 10.1. The fourth-order valence-electron chi connectivity index (χ4n) is 4.75. The van der Waals surface area contributed by atoms with Crippen molar-refractivity contribution in [3.63, 3.8) is 0 Å². The van der Waals surface area contributed by atoms with Crippen molar-refractivity contribution in [3.05, 3.63) is 128 Å². The van der Waals surface area contributed by atoms with Gasteiger partial charge in [0.25, 0.3) is 0 Å². The fraction of sp³-hybridized carbons (Fsp3) is 0. The van der Waals surface area contributed by atoms with E-state index in [1.807, 2.05) is 48.7 Å². The molecule has 0 aliphatic carbocycles. The van der Waals surface area contributed by atoms with Crippen LogP contribution in [0.15, 0.2) is 128 Å². The number of rotatable bonds is 4. The lowest BCUT2D eigenvalue weighted by Crippen LogP contribution is -1.99. The highest BCUT2D eigenvalue weighted by molar-refractivity contribution is 5.84. The van der Waals surface area contributed by atoms with Crippen LogP contribution in [0.5, 0.6) is 0 Å². The number of para-hydroxylation sites is 4. The van der Waals surface area contributed by atoms with Crippen LogP contribution in [-0.2, 0) is 0 Å². The summed E-state index contributed by atoms with van der Waals surface area (Å²) >= 11 is 0. The van der Waals surface area contributed by atoms with Crippen molar-refractivity contribution >= 4 is 22.2 Å². The monoisotopic (exact) mass is 463 g/mol. The molecule has 5 nitrogen and oxygen atoms in total. The molecular weight excluding hydrogens is 442 g/mol. The van der Waals surface area contributed by atoms with E-state index in [9.17, 15) is 0 Å². The summed E-state index contributed by atoms with van der Waals surface area (Å²) in [5.74, 6) is 1.77. The van der Waals surface area contributed by atoms with Crippen LogP contribution in [0.25, 0.3) is 56.3 Å². The van der Waals surface area contributed by atoms with Crippen LogP contribution in [0.2, 0.25) is 0 Å². The second-order valence-corrected chi connectivity index (χ2v) is 8.62. The van der Waals surface area contributed by atoms with Crippen LogP contribution in [-0.4, -0.2) is 24.1 Å². The van der Waals surface area contributed by atoms with Crippen molar-refractivity contribution in [3.8, 4) is 34.2 Å². The number of benzene rings is 4. The zero-order valence-electron chi connectivity index (χ0n) is 19.4. The van der Waals surface area contributed by atoms with Gasteiger partial charge in [0.1, 0.15) is 17.2 Å². The molecule has 170 valence electrons. The molecule has 5 heteroatoms. The molecule has 36 heavy (non-hydrogen) atoms. The average Bonchev–Trinajstić information content (AvgIpc) is 3.53. The summed E-state index contributed by atoms with van der Waals surface area (Å²) in [5, 5.41) is 0. The van der Waals surface area contributed by atoms with Crippen LogP contribution in [0, 0.1) is 0 Å². The second kappa shape index (κ2) is 8.32. The SMILES string of the molecule is c1ccc(-n2c(-c3ccc(-c4nc5cccnc5n4-c4ccccc4)cc3)nc3ccccc32)cc1. The molecule has 0 aliphatic rings. The van der Waals surface area contributed by atoms with Gasteiger partial charge in [0.15, 0.2) is 5.65 Å². The first-order chi connectivity index (χ1) is 17.9. The molecule has 0 aliphatic heterocycles. The highest BCUT2D eigenvalue weighted by atomic mass is 15.1. The molecule has 0 N–H and O–H groups in total. The van der Waals surface area contributed by atoms with E-state index in [-0.39, 0.29) is 0 Å². The number of aromatic nitrogens is 5. The lowest BCUT2D eigenvalue weighted by Gasteiger charge is -2.11. The largest absolute Gasteiger partial charge is 0.292 e. The van der Waals surface area contributed by atoms with Crippen molar-refractivity contribution in [2.24, 2.45) is 0 Å². The van der Waals surface area contributed by atoms with Gasteiger partial charge in [0.05, 0.1) is 11.0 Å². The Balaban J connectivity index is 1.39. The van der Waals surface area contributed by atoms with Gasteiger partial charge in [-0.3, -0.25) is 9.13 Å². The molecule has 0 fully saturated rings. The Morgan fingerprint density at radius 2 is 0.972 bits per heavy atom. The van der Waals surface area contributed by atoms with Gasteiger partial charge in [-0.05, 0) is 48.5 Å².